The zero-order chi connectivity index (χ0) is 40.2. The van der Waals surface area contributed by atoms with Crippen LogP contribution in [0.1, 0.15) is 20.8 Å². The SMILES string of the molecule is CC(=O)N[C@@H]1[C@@H](OC2O[C@H](CO)[C@H](O[C@@H]3O[C@H](CO)[C@@H](O)[C@H](O)[C@H]3NC(C)=O)[C@H](O)[C@H]2O)[C@@H](O)[C@@H](CO[C@@H]2O[C@H](CO)[C@@H](O)[C@H](O)[C@H]2NC(C)=O)O[C@H]1O. The monoisotopic (exact) mass is 789 g/mol. The van der Waals surface area contributed by atoms with E-state index in [0.717, 1.165) is 20.8 Å². The Labute approximate surface area is 307 Å². The Morgan fingerprint density at radius 2 is 0.926 bits per heavy atom. The van der Waals surface area contributed by atoms with Crippen LogP contribution in [0.15, 0.2) is 0 Å². The lowest BCUT2D eigenvalue weighted by Crippen LogP contribution is -2.69. The van der Waals surface area contributed by atoms with Crippen molar-refractivity contribution in [3.05, 3.63) is 0 Å². The molecule has 14 N–H and O–H groups in total. The second kappa shape index (κ2) is 19.2. The van der Waals surface area contributed by atoms with Gasteiger partial charge in [0.15, 0.2) is 25.2 Å². The van der Waals surface area contributed by atoms with Crippen molar-refractivity contribution < 1.29 is 104 Å². The van der Waals surface area contributed by atoms with Crippen molar-refractivity contribution in [2.75, 3.05) is 26.4 Å². The molecule has 4 rings (SSSR count). The predicted molar refractivity (Wildman–Crippen MR) is 169 cm³/mol. The molecule has 20 atom stereocenters. The van der Waals surface area contributed by atoms with E-state index in [0.29, 0.717) is 0 Å². The molecule has 4 heterocycles. The van der Waals surface area contributed by atoms with Crippen LogP contribution < -0.4 is 16.0 Å². The number of ether oxygens (including phenoxy) is 7. The summed E-state index contributed by atoms with van der Waals surface area (Å²) in [5.41, 5.74) is 0. The summed E-state index contributed by atoms with van der Waals surface area (Å²) in [5, 5.41) is 123. The third kappa shape index (κ3) is 9.97. The van der Waals surface area contributed by atoms with Crippen LogP contribution in [-0.2, 0) is 47.5 Å². The summed E-state index contributed by atoms with van der Waals surface area (Å²) in [4.78, 5) is 35.7. The van der Waals surface area contributed by atoms with Gasteiger partial charge in [-0.15, -0.1) is 0 Å². The Hall–Kier alpha value is -2.31. The number of amides is 3. The molecule has 312 valence electrons. The van der Waals surface area contributed by atoms with Crippen LogP contribution in [0.5, 0.6) is 0 Å². The van der Waals surface area contributed by atoms with Crippen molar-refractivity contribution >= 4 is 17.7 Å². The van der Waals surface area contributed by atoms with Gasteiger partial charge >= 0.3 is 0 Å². The number of rotatable bonds is 13. The molecule has 0 aromatic rings. The highest BCUT2D eigenvalue weighted by Gasteiger charge is 2.54. The molecule has 0 aromatic carbocycles. The van der Waals surface area contributed by atoms with Crippen LogP contribution in [-0.4, -0.2) is 223 Å². The molecule has 0 aliphatic carbocycles. The molecule has 24 heteroatoms. The highest BCUT2D eigenvalue weighted by Crippen LogP contribution is 2.33. The Morgan fingerprint density at radius 3 is 1.43 bits per heavy atom. The summed E-state index contributed by atoms with van der Waals surface area (Å²) < 4.78 is 39.4. The van der Waals surface area contributed by atoms with Gasteiger partial charge in [0.1, 0.15) is 97.5 Å². The zero-order valence-corrected chi connectivity index (χ0v) is 29.4. The first-order valence-corrected chi connectivity index (χ1v) is 17.1. The summed E-state index contributed by atoms with van der Waals surface area (Å²) in [7, 11) is 0. The Morgan fingerprint density at radius 1 is 0.481 bits per heavy atom. The number of nitrogens with one attached hydrogen (secondary N) is 3. The molecule has 54 heavy (non-hydrogen) atoms. The number of hydrogen-bond acceptors (Lipinski definition) is 21. The molecule has 3 amide bonds. The van der Waals surface area contributed by atoms with Crippen LogP contribution in [0.2, 0.25) is 0 Å². The first-order valence-electron chi connectivity index (χ1n) is 17.1. The summed E-state index contributed by atoms with van der Waals surface area (Å²) >= 11 is 0. The summed E-state index contributed by atoms with van der Waals surface area (Å²) in [6.45, 7) is 0.136. The first kappa shape index (κ1) is 44.4. The molecule has 0 spiro atoms. The van der Waals surface area contributed by atoms with Crippen molar-refractivity contribution in [2.45, 2.75) is 143 Å². The Kier molecular flexibility index (Phi) is 15.8. The van der Waals surface area contributed by atoms with Gasteiger partial charge in [-0.25, -0.2) is 0 Å². The molecular weight excluding hydrogens is 738 g/mol. The third-order valence-electron chi connectivity index (χ3n) is 9.39. The topological polar surface area (TPSA) is 374 Å². The van der Waals surface area contributed by atoms with Gasteiger partial charge in [-0.2, -0.15) is 0 Å². The van der Waals surface area contributed by atoms with Crippen molar-refractivity contribution in [2.24, 2.45) is 0 Å². The van der Waals surface area contributed by atoms with E-state index in [1.807, 2.05) is 0 Å². The molecule has 0 saturated carbocycles. The fourth-order valence-corrected chi connectivity index (χ4v) is 6.65. The molecule has 1 unspecified atom stereocenters. The average Bonchev–Trinajstić information content (AvgIpc) is 3.11. The molecule has 4 fully saturated rings. The fourth-order valence-electron chi connectivity index (χ4n) is 6.65. The maximum absolute atomic E-state index is 12.1. The van der Waals surface area contributed by atoms with Gasteiger partial charge in [-0.05, 0) is 0 Å². The molecule has 4 aliphatic heterocycles. The lowest BCUT2D eigenvalue weighted by Gasteiger charge is -2.49. The zero-order valence-electron chi connectivity index (χ0n) is 29.4. The standard InChI is InChI=1S/C30H51N3O21/c1-8(37)31-15-21(43)18(40)11(4-34)50-28(15)48-7-14-20(42)26(17(27(47)49-14)33-10(3)39)54-30-24(46)23(45)25(13(6-36)52-30)53-29-16(32-9(2)38)22(44)19(41)12(5-35)51-29/h11-30,34-36,40-47H,4-7H2,1-3H3,(H,31,37)(H,32,38)(H,33,39)/t11-,12-,13-,14-,15-,16-,17-,18-,19-,20+,21-,22-,23-,24-,25+,26-,27-,28-,29+,30?/m1/s1. The van der Waals surface area contributed by atoms with Gasteiger partial charge in [0.05, 0.1) is 26.4 Å². The van der Waals surface area contributed by atoms with E-state index in [4.69, 9.17) is 33.2 Å². The van der Waals surface area contributed by atoms with E-state index in [2.05, 4.69) is 16.0 Å². The third-order valence-corrected chi connectivity index (χ3v) is 9.39. The number of aliphatic hydroxyl groups is 11. The van der Waals surface area contributed by atoms with Gasteiger partial charge in [0.25, 0.3) is 0 Å². The lowest BCUT2D eigenvalue weighted by atomic mass is 9.94. The maximum atomic E-state index is 12.1. The van der Waals surface area contributed by atoms with Gasteiger partial charge < -0.3 is 105 Å². The van der Waals surface area contributed by atoms with Crippen LogP contribution in [0, 0.1) is 0 Å². The van der Waals surface area contributed by atoms with Crippen LogP contribution in [0.25, 0.3) is 0 Å². The Balaban J connectivity index is 1.52. The quantitative estimate of drug-likeness (QED) is 0.0823. The Bertz CT molecular complexity index is 1250. The average molecular weight is 790 g/mol. The van der Waals surface area contributed by atoms with Gasteiger partial charge in [-0.1, -0.05) is 0 Å². The molecule has 0 bridgehead atoms. The van der Waals surface area contributed by atoms with Gasteiger partial charge in [-0.3, -0.25) is 14.4 Å². The molecule has 0 aromatic heterocycles. The number of aliphatic hydroxyl groups excluding tert-OH is 11. The largest absolute Gasteiger partial charge is 0.394 e. The second-order valence-electron chi connectivity index (χ2n) is 13.4. The molecule has 24 nitrogen and oxygen atoms in total. The second-order valence-corrected chi connectivity index (χ2v) is 13.4. The van der Waals surface area contributed by atoms with E-state index in [1.165, 1.54) is 0 Å². The molecule has 0 radical (unpaired) electrons. The molecule has 4 saturated heterocycles. The van der Waals surface area contributed by atoms with Crippen LogP contribution in [0.3, 0.4) is 0 Å². The fraction of sp³-hybridized carbons (Fsp3) is 0.900. The number of carbonyl (C=O) groups is 3. The van der Waals surface area contributed by atoms with E-state index < -0.39 is 167 Å². The number of hydrogen-bond donors (Lipinski definition) is 14. The van der Waals surface area contributed by atoms with E-state index >= 15 is 0 Å². The summed E-state index contributed by atoms with van der Waals surface area (Å²) in [5.74, 6) is -2.05. The van der Waals surface area contributed by atoms with Crippen LogP contribution >= 0.6 is 0 Å². The smallest absolute Gasteiger partial charge is 0.217 e. The highest BCUT2D eigenvalue weighted by atomic mass is 16.7. The van der Waals surface area contributed by atoms with Gasteiger partial charge in [0.2, 0.25) is 17.7 Å². The minimum absolute atomic E-state index is 0.645. The first-order chi connectivity index (χ1) is 25.4. The minimum Gasteiger partial charge on any atom is -0.394 e. The van der Waals surface area contributed by atoms with Crippen molar-refractivity contribution in [3.8, 4) is 0 Å². The van der Waals surface area contributed by atoms with Crippen molar-refractivity contribution in [1.29, 1.82) is 0 Å². The predicted octanol–water partition coefficient (Wildman–Crippen LogP) is -9.32. The molecular formula is C30H51N3O21. The van der Waals surface area contributed by atoms with Crippen molar-refractivity contribution in [1.82, 2.24) is 16.0 Å². The van der Waals surface area contributed by atoms with Gasteiger partial charge in [0, 0.05) is 20.8 Å². The van der Waals surface area contributed by atoms with Crippen LogP contribution in [0.4, 0.5) is 0 Å². The van der Waals surface area contributed by atoms with Crippen molar-refractivity contribution in [3.63, 3.8) is 0 Å². The normalized spacial score (nSPS) is 45.7. The van der Waals surface area contributed by atoms with E-state index in [-0.39, 0.29) is 0 Å². The highest BCUT2D eigenvalue weighted by molar-refractivity contribution is 5.74. The summed E-state index contributed by atoms with van der Waals surface area (Å²) in [6, 6.07) is -4.41. The maximum Gasteiger partial charge on any atom is 0.217 e. The minimum atomic E-state index is -2.07. The molecule has 4 aliphatic rings. The van der Waals surface area contributed by atoms with E-state index in [9.17, 15) is 70.6 Å². The summed E-state index contributed by atoms with van der Waals surface area (Å²) in [6.07, 6.45) is -29.0. The number of carbonyl (C=O) groups excluding carboxylic acids is 3. The van der Waals surface area contributed by atoms with E-state index in [1.54, 1.807) is 0 Å². The lowest BCUT2D eigenvalue weighted by molar-refractivity contribution is -0.366.